The maximum absolute atomic E-state index is 8.82. The zero-order valence-electron chi connectivity index (χ0n) is 11.9. The number of nitrogens with zero attached hydrogens (tertiary/aromatic N) is 2. The third-order valence-electron chi connectivity index (χ3n) is 3.18. The van der Waals surface area contributed by atoms with Crippen LogP contribution in [0.1, 0.15) is 44.7 Å². The lowest BCUT2D eigenvalue weighted by Crippen LogP contribution is -2.33. The van der Waals surface area contributed by atoms with E-state index in [1.807, 2.05) is 18.2 Å². The number of amidine groups is 1. The Labute approximate surface area is 115 Å². The average Bonchev–Trinajstić information content (AvgIpc) is 2.45. The van der Waals surface area contributed by atoms with E-state index >= 15 is 0 Å². The fourth-order valence-electron chi connectivity index (χ4n) is 2.37. The van der Waals surface area contributed by atoms with E-state index in [9.17, 15) is 0 Å². The Hall–Kier alpha value is -1.55. The first-order valence-electron chi connectivity index (χ1n) is 6.98. The third kappa shape index (κ3) is 4.91. The molecule has 0 aliphatic rings. The van der Waals surface area contributed by atoms with Crippen LogP contribution in [0.5, 0.6) is 0 Å². The highest BCUT2D eigenvalue weighted by Crippen LogP contribution is 2.24. The molecule has 106 valence electrons. The lowest BCUT2D eigenvalue weighted by molar-refractivity contribution is 0.200. The van der Waals surface area contributed by atoms with Gasteiger partial charge in [-0.25, -0.2) is 0 Å². The van der Waals surface area contributed by atoms with Crippen LogP contribution in [0.25, 0.3) is 0 Å². The molecule has 0 aliphatic heterocycles. The van der Waals surface area contributed by atoms with E-state index in [2.05, 4.69) is 36.0 Å². The van der Waals surface area contributed by atoms with Crippen LogP contribution in [0.2, 0.25) is 0 Å². The molecule has 0 radical (unpaired) electrons. The first kappa shape index (κ1) is 15.5. The first-order chi connectivity index (χ1) is 9.22. The summed E-state index contributed by atoms with van der Waals surface area (Å²) >= 11 is 0. The van der Waals surface area contributed by atoms with Crippen molar-refractivity contribution in [3.63, 3.8) is 0 Å². The Balaban J connectivity index is 2.95. The number of benzene rings is 1. The van der Waals surface area contributed by atoms with Gasteiger partial charge in [0.05, 0.1) is 0 Å². The molecule has 4 heteroatoms. The van der Waals surface area contributed by atoms with Crippen LogP contribution in [-0.4, -0.2) is 29.0 Å². The van der Waals surface area contributed by atoms with Crippen molar-refractivity contribution in [2.75, 3.05) is 13.1 Å². The van der Waals surface area contributed by atoms with Crippen molar-refractivity contribution in [3.8, 4) is 0 Å². The zero-order valence-corrected chi connectivity index (χ0v) is 11.9. The molecule has 0 aliphatic carbocycles. The molecular weight excluding hydrogens is 238 g/mol. The van der Waals surface area contributed by atoms with Gasteiger partial charge in [-0.1, -0.05) is 49.3 Å². The predicted molar refractivity (Wildman–Crippen MR) is 79.4 cm³/mol. The second kappa shape index (κ2) is 8.53. The molecule has 0 saturated carbocycles. The van der Waals surface area contributed by atoms with E-state index in [4.69, 9.17) is 10.9 Å². The van der Waals surface area contributed by atoms with Gasteiger partial charge < -0.3 is 10.9 Å². The lowest BCUT2D eigenvalue weighted by Gasteiger charge is -2.31. The van der Waals surface area contributed by atoms with Gasteiger partial charge in [0.25, 0.3) is 0 Å². The van der Waals surface area contributed by atoms with Crippen LogP contribution >= 0.6 is 0 Å². The zero-order chi connectivity index (χ0) is 14.1. The highest BCUT2D eigenvalue weighted by atomic mass is 16.4. The molecular formula is C15H25N3O. The summed E-state index contributed by atoms with van der Waals surface area (Å²) in [6.07, 6.45) is 2.75. The first-order valence-corrected chi connectivity index (χ1v) is 6.98. The van der Waals surface area contributed by atoms with Crippen molar-refractivity contribution in [1.29, 1.82) is 0 Å². The number of hydrogen-bond acceptors (Lipinski definition) is 3. The molecule has 0 aromatic heterocycles. The molecule has 1 atom stereocenters. The van der Waals surface area contributed by atoms with Crippen LogP contribution in [0, 0.1) is 0 Å². The van der Waals surface area contributed by atoms with Crippen LogP contribution in [-0.2, 0) is 0 Å². The standard InChI is InChI=1S/C15H25N3O/c1-3-10-18(11-4-2)14(12-15(16)17-19)13-8-6-5-7-9-13/h5-9,14,19H,3-4,10-12H2,1-2H3,(H2,16,17). The highest BCUT2D eigenvalue weighted by molar-refractivity contribution is 5.80. The Bertz CT molecular complexity index is 372. The average molecular weight is 263 g/mol. The van der Waals surface area contributed by atoms with Crippen molar-refractivity contribution in [2.24, 2.45) is 10.9 Å². The predicted octanol–water partition coefficient (Wildman–Crippen LogP) is 2.99. The number of oxime groups is 1. The summed E-state index contributed by atoms with van der Waals surface area (Å²) < 4.78 is 0. The van der Waals surface area contributed by atoms with E-state index in [0.717, 1.165) is 25.9 Å². The van der Waals surface area contributed by atoms with Crippen molar-refractivity contribution in [1.82, 2.24) is 4.90 Å². The minimum atomic E-state index is 0.178. The molecule has 0 fully saturated rings. The van der Waals surface area contributed by atoms with Crippen molar-refractivity contribution in [2.45, 2.75) is 39.2 Å². The molecule has 1 unspecified atom stereocenters. The normalized spacial score (nSPS) is 13.7. The van der Waals surface area contributed by atoms with Gasteiger partial charge in [0.2, 0.25) is 0 Å². The summed E-state index contributed by atoms with van der Waals surface area (Å²) in [4.78, 5) is 2.41. The molecule has 1 rings (SSSR count). The molecule has 3 N–H and O–H groups in total. The minimum Gasteiger partial charge on any atom is -0.409 e. The molecule has 0 heterocycles. The van der Waals surface area contributed by atoms with Crippen LogP contribution in [0.3, 0.4) is 0 Å². The van der Waals surface area contributed by atoms with E-state index < -0.39 is 0 Å². The van der Waals surface area contributed by atoms with E-state index in [-0.39, 0.29) is 11.9 Å². The second-order valence-corrected chi connectivity index (χ2v) is 4.76. The summed E-state index contributed by atoms with van der Waals surface area (Å²) in [5.74, 6) is 0.283. The largest absolute Gasteiger partial charge is 0.409 e. The number of hydrogen-bond donors (Lipinski definition) is 2. The minimum absolute atomic E-state index is 0.178. The smallest absolute Gasteiger partial charge is 0.141 e. The molecule has 1 aromatic carbocycles. The summed E-state index contributed by atoms with van der Waals surface area (Å²) in [5, 5.41) is 11.9. The fraction of sp³-hybridized carbons (Fsp3) is 0.533. The van der Waals surface area contributed by atoms with Crippen LogP contribution in [0.15, 0.2) is 35.5 Å². The Morgan fingerprint density at radius 2 is 1.79 bits per heavy atom. The SMILES string of the molecule is CCCN(CCC)C(CC(N)=NO)c1ccccc1. The second-order valence-electron chi connectivity index (χ2n) is 4.76. The van der Waals surface area contributed by atoms with Gasteiger partial charge >= 0.3 is 0 Å². The Kier molecular flexibility index (Phi) is 6.97. The summed E-state index contributed by atoms with van der Waals surface area (Å²) in [7, 11) is 0. The maximum Gasteiger partial charge on any atom is 0.141 e. The fourth-order valence-corrected chi connectivity index (χ4v) is 2.37. The number of rotatable bonds is 8. The van der Waals surface area contributed by atoms with Gasteiger partial charge in [0.15, 0.2) is 0 Å². The van der Waals surface area contributed by atoms with Crippen LogP contribution < -0.4 is 5.73 Å². The van der Waals surface area contributed by atoms with Gasteiger partial charge in [-0.05, 0) is 31.5 Å². The van der Waals surface area contributed by atoms with E-state index in [0.29, 0.717) is 6.42 Å². The quantitative estimate of drug-likeness (QED) is 0.328. The van der Waals surface area contributed by atoms with Crippen molar-refractivity contribution in [3.05, 3.63) is 35.9 Å². The molecule has 1 aromatic rings. The Morgan fingerprint density at radius 3 is 2.26 bits per heavy atom. The third-order valence-corrected chi connectivity index (χ3v) is 3.18. The van der Waals surface area contributed by atoms with Crippen molar-refractivity contribution >= 4 is 5.84 Å². The van der Waals surface area contributed by atoms with Gasteiger partial charge in [-0.3, -0.25) is 4.90 Å². The Morgan fingerprint density at radius 1 is 1.21 bits per heavy atom. The molecule has 0 spiro atoms. The van der Waals surface area contributed by atoms with Gasteiger partial charge in [-0.15, -0.1) is 0 Å². The highest BCUT2D eigenvalue weighted by Gasteiger charge is 2.20. The summed E-state index contributed by atoms with van der Waals surface area (Å²) in [6.45, 7) is 6.39. The van der Waals surface area contributed by atoms with Gasteiger partial charge in [0.1, 0.15) is 5.84 Å². The van der Waals surface area contributed by atoms with E-state index in [1.165, 1.54) is 5.56 Å². The van der Waals surface area contributed by atoms with Crippen molar-refractivity contribution < 1.29 is 5.21 Å². The molecule has 0 amide bonds. The van der Waals surface area contributed by atoms with E-state index in [1.54, 1.807) is 0 Å². The monoisotopic (exact) mass is 263 g/mol. The topological polar surface area (TPSA) is 61.8 Å². The molecule has 19 heavy (non-hydrogen) atoms. The van der Waals surface area contributed by atoms with Gasteiger partial charge in [0, 0.05) is 12.5 Å². The molecule has 0 bridgehead atoms. The summed E-state index contributed by atoms with van der Waals surface area (Å²) in [5.41, 5.74) is 6.93. The van der Waals surface area contributed by atoms with Crippen LogP contribution in [0.4, 0.5) is 0 Å². The van der Waals surface area contributed by atoms with Gasteiger partial charge in [-0.2, -0.15) is 0 Å². The lowest BCUT2D eigenvalue weighted by atomic mass is 10.0. The summed E-state index contributed by atoms with van der Waals surface area (Å²) in [6, 6.07) is 10.5. The molecule has 0 saturated heterocycles. The maximum atomic E-state index is 8.82. The number of nitrogens with two attached hydrogens (primary N) is 1. The molecule has 4 nitrogen and oxygen atoms in total.